The van der Waals surface area contributed by atoms with E-state index in [1.54, 1.807) is 19.2 Å². The molecule has 1 saturated carbocycles. The van der Waals surface area contributed by atoms with E-state index in [1.165, 1.54) is 6.07 Å². The molecule has 0 spiro atoms. The Balaban J connectivity index is 0.00000261. The Morgan fingerprint density at radius 2 is 1.96 bits per heavy atom. The van der Waals surface area contributed by atoms with E-state index < -0.39 is 0 Å². The number of morpholine rings is 1. The molecule has 152 valence electrons. The first-order valence-corrected chi connectivity index (χ1v) is 9.49. The minimum absolute atomic E-state index is 0. The van der Waals surface area contributed by atoms with Gasteiger partial charge in [0.15, 0.2) is 5.96 Å². The maximum Gasteiger partial charge on any atom is 0.191 e. The van der Waals surface area contributed by atoms with Crippen LogP contribution < -0.4 is 10.6 Å². The number of hydrogen-bond acceptors (Lipinski definition) is 3. The molecule has 1 aliphatic heterocycles. The lowest BCUT2D eigenvalue weighted by Crippen LogP contribution is -2.56. The summed E-state index contributed by atoms with van der Waals surface area (Å²) in [6, 6.07) is 6.98. The first-order valence-electron chi connectivity index (χ1n) is 9.49. The lowest BCUT2D eigenvalue weighted by molar-refractivity contribution is -0.00834. The lowest BCUT2D eigenvalue weighted by atomic mass is 9.96. The van der Waals surface area contributed by atoms with E-state index in [-0.39, 0.29) is 40.7 Å². The van der Waals surface area contributed by atoms with Crippen LogP contribution in [-0.2, 0) is 10.2 Å². The van der Waals surface area contributed by atoms with Gasteiger partial charge < -0.3 is 15.4 Å². The molecule has 0 aromatic heterocycles. The van der Waals surface area contributed by atoms with Crippen LogP contribution in [0.4, 0.5) is 4.39 Å². The summed E-state index contributed by atoms with van der Waals surface area (Å²) in [7, 11) is 1.79. The van der Waals surface area contributed by atoms with Crippen molar-refractivity contribution in [2.24, 2.45) is 4.99 Å². The lowest BCUT2D eigenvalue weighted by Gasteiger charge is -2.41. The van der Waals surface area contributed by atoms with Gasteiger partial charge in [0.2, 0.25) is 0 Å². The normalized spacial score (nSPS) is 19.9. The highest BCUT2D eigenvalue weighted by molar-refractivity contribution is 14.0. The molecular weight excluding hydrogens is 458 g/mol. The van der Waals surface area contributed by atoms with Crippen LogP contribution in [0.3, 0.4) is 0 Å². The summed E-state index contributed by atoms with van der Waals surface area (Å²) in [6.07, 6.45) is 2.17. The number of ether oxygens (including phenoxy) is 1. The van der Waals surface area contributed by atoms with Crippen molar-refractivity contribution in [2.75, 3.05) is 46.4 Å². The zero-order valence-electron chi connectivity index (χ0n) is 16.6. The standard InChI is InChI=1S/C20H31FN4O.HI/c1-19(2,25-9-11-26-12-10-25)14-23-18(22-3)24-15-20(7-8-20)16-5-4-6-17(21)13-16;/h4-6,13H,7-12,14-15H2,1-3H3,(H2,22,23,24);1H. The second kappa shape index (κ2) is 9.52. The van der Waals surface area contributed by atoms with Crippen LogP contribution in [-0.4, -0.2) is 62.8 Å². The van der Waals surface area contributed by atoms with Crippen LogP contribution in [0.1, 0.15) is 32.3 Å². The van der Waals surface area contributed by atoms with E-state index >= 15 is 0 Å². The van der Waals surface area contributed by atoms with Gasteiger partial charge in [-0.1, -0.05) is 12.1 Å². The summed E-state index contributed by atoms with van der Waals surface area (Å²) in [5.41, 5.74) is 1.15. The third kappa shape index (κ3) is 5.77. The number of aliphatic imine (C=N–C) groups is 1. The van der Waals surface area contributed by atoms with Gasteiger partial charge in [0.1, 0.15) is 5.82 Å². The fraction of sp³-hybridized carbons (Fsp3) is 0.650. The van der Waals surface area contributed by atoms with Crippen molar-refractivity contribution in [2.45, 2.75) is 37.6 Å². The van der Waals surface area contributed by atoms with Crippen molar-refractivity contribution < 1.29 is 9.13 Å². The Bertz CT molecular complexity index is 643. The maximum absolute atomic E-state index is 13.5. The SMILES string of the molecule is CN=C(NCC1(c2cccc(F)c2)CC1)NCC(C)(C)N1CCOCC1.I. The number of guanidine groups is 1. The Morgan fingerprint density at radius 3 is 2.56 bits per heavy atom. The smallest absolute Gasteiger partial charge is 0.191 e. The van der Waals surface area contributed by atoms with Crippen LogP contribution in [0.25, 0.3) is 0 Å². The number of nitrogens with zero attached hydrogens (tertiary/aromatic N) is 2. The van der Waals surface area contributed by atoms with Crippen LogP contribution in [0.15, 0.2) is 29.3 Å². The van der Waals surface area contributed by atoms with E-state index in [0.29, 0.717) is 0 Å². The predicted molar refractivity (Wildman–Crippen MR) is 119 cm³/mol. The summed E-state index contributed by atoms with van der Waals surface area (Å²) in [5, 5.41) is 6.89. The first-order chi connectivity index (χ1) is 12.5. The zero-order chi connectivity index (χ0) is 18.6. The van der Waals surface area contributed by atoms with Gasteiger partial charge in [0.25, 0.3) is 0 Å². The molecule has 2 N–H and O–H groups in total. The third-order valence-electron chi connectivity index (χ3n) is 5.66. The summed E-state index contributed by atoms with van der Waals surface area (Å²) in [6.45, 7) is 9.58. The van der Waals surface area contributed by atoms with Gasteiger partial charge in [-0.3, -0.25) is 9.89 Å². The monoisotopic (exact) mass is 490 g/mol. The Kier molecular flexibility index (Phi) is 7.88. The fourth-order valence-electron chi connectivity index (χ4n) is 3.59. The minimum atomic E-state index is -0.163. The van der Waals surface area contributed by atoms with Crippen LogP contribution in [0, 0.1) is 5.82 Å². The molecule has 1 heterocycles. The zero-order valence-corrected chi connectivity index (χ0v) is 18.9. The summed E-state index contributed by atoms with van der Waals surface area (Å²) in [4.78, 5) is 6.81. The molecule has 7 heteroatoms. The van der Waals surface area contributed by atoms with Crippen molar-refractivity contribution in [3.8, 4) is 0 Å². The van der Waals surface area contributed by atoms with E-state index in [4.69, 9.17) is 4.74 Å². The average molecular weight is 490 g/mol. The second-order valence-electron chi connectivity index (χ2n) is 7.98. The van der Waals surface area contributed by atoms with Gasteiger partial charge in [-0.2, -0.15) is 0 Å². The van der Waals surface area contributed by atoms with E-state index in [9.17, 15) is 4.39 Å². The molecule has 0 amide bonds. The predicted octanol–water partition coefficient (Wildman–Crippen LogP) is 2.75. The quantitative estimate of drug-likeness (QED) is 0.366. The van der Waals surface area contributed by atoms with Gasteiger partial charge in [0.05, 0.1) is 13.2 Å². The number of rotatable bonds is 6. The molecule has 27 heavy (non-hydrogen) atoms. The van der Waals surface area contributed by atoms with Crippen molar-refractivity contribution in [3.63, 3.8) is 0 Å². The highest BCUT2D eigenvalue weighted by Crippen LogP contribution is 2.47. The van der Waals surface area contributed by atoms with Gasteiger partial charge in [-0.05, 0) is 44.4 Å². The van der Waals surface area contributed by atoms with E-state index in [2.05, 4.69) is 34.4 Å². The molecule has 5 nitrogen and oxygen atoms in total. The van der Waals surface area contributed by atoms with Gasteiger partial charge >= 0.3 is 0 Å². The van der Waals surface area contributed by atoms with Crippen molar-refractivity contribution in [3.05, 3.63) is 35.6 Å². The number of nitrogens with one attached hydrogen (secondary N) is 2. The average Bonchev–Trinajstić information content (AvgIpc) is 3.44. The fourth-order valence-corrected chi connectivity index (χ4v) is 3.59. The highest BCUT2D eigenvalue weighted by Gasteiger charge is 2.44. The molecule has 2 fully saturated rings. The molecule has 3 rings (SSSR count). The number of benzene rings is 1. The van der Waals surface area contributed by atoms with E-state index in [1.807, 2.05) is 6.07 Å². The maximum atomic E-state index is 13.5. The number of halogens is 2. The Labute approximate surface area is 179 Å². The molecule has 2 aliphatic rings. The summed E-state index contributed by atoms with van der Waals surface area (Å²) in [5.74, 6) is 0.637. The molecule has 1 aromatic rings. The topological polar surface area (TPSA) is 48.9 Å². The molecule has 1 saturated heterocycles. The number of hydrogen-bond donors (Lipinski definition) is 2. The van der Waals surface area contributed by atoms with Crippen molar-refractivity contribution in [1.82, 2.24) is 15.5 Å². The molecular formula is C20H32FIN4O. The largest absolute Gasteiger partial charge is 0.379 e. The van der Waals surface area contributed by atoms with E-state index in [0.717, 1.165) is 63.8 Å². The van der Waals surface area contributed by atoms with Crippen molar-refractivity contribution >= 4 is 29.9 Å². The van der Waals surface area contributed by atoms with Crippen molar-refractivity contribution in [1.29, 1.82) is 0 Å². The molecule has 0 bridgehead atoms. The van der Waals surface area contributed by atoms with Crippen LogP contribution in [0.2, 0.25) is 0 Å². The second-order valence-corrected chi connectivity index (χ2v) is 7.98. The molecule has 0 atom stereocenters. The molecule has 0 radical (unpaired) electrons. The third-order valence-corrected chi connectivity index (χ3v) is 5.66. The molecule has 1 aromatic carbocycles. The minimum Gasteiger partial charge on any atom is -0.379 e. The van der Waals surface area contributed by atoms with Crippen LogP contribution in [0.5, 0.6) is 0 Å². The van der Waals surface area contributed by atoms with Gasteiger partial charge in [-0.15, -0.1) is 24.0 Å². The summed E-state index contributed by atoms with van der Waals surface area (Å²) < 4.78 is 19.0. The Morgan fingerprint density at radius 1 is 1.26 bits per heavy atom. The van der Waals surface area contributed by atoms with Gasteiger partial charge in [0, 0.05) is 44.2 Å². The molecule has 0 unspecified atom stereocenters. The highest BCUT2D eigenvalue weighted by atomic mass is 127. The Hall–Kier alpha value is -0.930. The van der Waals surface area contributed by atoms with Gasteiger partial charge in [-0.25, -0.2) is 4.39 Å². The summed E-state index contributed by atoms with van der Waals surface area (Å²) >= 11 is 0. The molecule has 1 aliphatic carbocycles. The van der Waals surface area contributed by atoms with Crippen LogP contribution >= 0.6 is 24.0 Å². The first kappa shape index (κ1) is 22.4.